The lowest BCUT2D eigenvalue weighted by Crippen LogP contribution is -2.48. The molecular weight excluding hydrogens is 488 g/mol. The van der Waals surface area contributed by atoms with Gasteiger partial charge in [-0.1, -0.05) is 30.3 Å². The average Bonchev–Trinajstić information content (AvgIpc) is 3.48. The third-order valence-electron chi connectivity index (χ3n) is 6.78. The van der Waals surface area contributed by atoms with Crippen LogP contribution >= 0.6 is 0 Å². The summed E-state index contributed by atoms with van der Waals surface area (Å²) in [5.74, 6) is -2.14. The Balaban J connectivity index is 1.53. The van der Waals surface area contributed by atoms with Gasteiger partial charge in [0.25, 0.3) is 0 Å². The van der Waals surface area contributed by atoms with Crippen LogP contribution in [0.3, 0.4) is 0 Å². The van der Waals surface area contributed by atoms with Crippen LogP contribution in [0.25, 0.3) is 5.69 Å². The molecule has 36 heavy (non-hydrogen) atoms. The number of nitrogens with one attached hydrogen (secondary N) is 1. The lowest BCUT2D eigenvalue weighted by Gasteiger charge is -2.41. The molecule has 2 aliphatic rings. The van der Waals surface area contributed by atoms with Crippen molar-refractivity contribution in [1.82, 2.24) is 14.9 Å². The molecule has 1 spiro atoms. The molecular formula is C25H23F6N3O2. The second-order valence-electron chi connectivity index (χ2n) is 9.07. The van der Waals surface area contributed by atoms with Crippen LogP contribution in [0.4, 0.5) is 26.3 Å². The summed E-state index contributed by atoms with van der Waals surface area (Å²) in [6.07, 6.45) is -5.67. The van der Waals surface area contributed by atoms with E-state index in [1.807, 2.05) is 30.3 Å². The van der Waals surface area contributed by atoms with Crippen LogP contribution in [0.1, 0.15) is 48.2 Å². The average molecular weight is 511 g/mol. The molecule has 0 aliphatic carbocycles. The summed E-state index contributed by atoms with van der Waals surface area (Å²) in [7, 11) is 0. The highest BCUT2D eigenvalue weighted by Gasteiger charge is 2.49. The fraction of sp³-hybridized carbons (Fsp3) is 0.400. The normalized spacial score (nSPS) is 24.8. The van der Waals surface area contributed by atoms with Crippen LogP contribution in [-0.4, -0.2) is 34.7 Å². The molecule has 0 bridgehead atoms. The Hall–Kier alpha value is -3.05. The van der Waals surface area contributed by atoms with Crippen molar-refractivity contribution in [2.24, 2.45) is 0 Å². The van der Waals surface area contributed by atoms with E-state index in [1.165, 1.54) is 6.07 Å². The number of aromatic nitrogens is 2. The van der Waals surface area contributed by atoms with Gasteiger partial charge in [0.05, 0.1) is 18.2 Å². The van der Waals surface area contributed by atoms with Gasteiger partial charge in [0, 0.05) is 29.6 Å². The second kappa shape index (κ2) is 9.11. The Bertz CT molecular complexity index is 1210. The number of alkyl halides is 6. The zero-order valence-corrected chi connectivity index (χ0v) is 18.9. The molecule has 2 fully saturated rings. The van der Waals surface area contributed by atoms with E-state index in [4.69, 9.17) is 4.74 Å². The maximum absolute atomic E-state index is 13.4. The van der Waals surface area contributed by atoms with E-state index in [0.717, 1.165) is 47.6 Å². The Labute approximate surface area is 203 Å². The molecule has 3 heterocycles. The van der Waals surface area contributed by atoms with Crippen LogP contribution in [-0.2, 0) is 10.9 Å². The van der Waals surface area contributed by atoms with Crippen molar-refractivity contribution < 1.29 is 35.8 Å². The molecule has 2 aliphatic heterocycles. The summed E-state index contributed by atoms with van der Waals surface area (Å²) in [5.41, 5.74) is 0.515. The van der Waals surface area contributed by atoms with Crippen LogP contribution in [0.5, 0.6) is 5.75 Å². The molecule has 1 aromatic heterocycles. The molecule has 192 valence electrons. The number of ether oxygens (including phenoxy) is 2. The van der Waals surface area contributed by atoms with Gasteiger partial charge in [-0.25, -0.2) is 4.98 Å². The Morgan fingerprint density at radius 3 is 2.56 bits per heavy atom. The van der Waals surface area contributed by atoms with Crippen molar-refractivity contribution in [2.75, 3.05) is 13.2 Å². The molecule has 11 heteroatoms. The fourth-order valence-electron chi connectivity index (χ4n) is 5.35. The molecule has 3 aromatic rings. The standard InChI is InChI=1S/C25H23F6N3O2/c26-24(27,28)22-33-11-12-34(22)18-7-8-20(36-25(29,30)31)19(13-18)17-14-23(35-15-17)9-4-10-32-21(23)16-5-2-1-3-6-16/h1-3,5-8,11-13,17,21,32H,4,9-10,14-15H2/t17-,21?,23+/m1/s1. The first kappa shape index (κ1) is 24.6. The topological polar surface area (TPSA) is 48.3 Å². The van der Waals surface area contributed by atoms with Gasteiger partial charge in [0.2, 0.25) is 5.82 Å². The number of imidazole rings is 1. The lowest BCUT2D eigenvalue weighted by molar-refractivity contribution is -0.275. The minimum absolute atomic E-state index is 0.0340. The van der Waals surface area contributed by atoms with Gasteiger partial charge < -0.3 is 14.8 Å². The first-order chi connectivity index (χ1) is 17.1. The zero-order valence-electron chi connectivity index (χ0n) is 18.9. The number of rotatable bonds is 4. The number of halogens is 6. The highest BCUT2D eigenvalue weighted by Crippen LogP contribution is 2.50. The summed E-state index contributed by atoms with van der Waals surface area (Å²) >= 11 is 0. The molecule has 5 nitrogen and oxygen atoms in total. The van der Waals surface area contributed by atoms with Crippen LogP contribution in [0, 0.1) is 0 Å². The molecule has 5 rings (SSSR count). The molecule has 0 saturated carbocycles. The van der Waals surface area contributed by atoms with Crippen LogP contribution in [0.15, 0.2) is 60.9 Å². The summed E-state index contributed by atoms with van der Waals surface area (Å²) in [6, 6.07) is 13.0. The highest BCUT2D eigenvalue weighted by atomic mass is 19.4. The van der Waals surface area contributed by atoms with E-state index in [2.05, 4.69) is 15.0 Å². The van der Waals surface area contributed by atoms with Gasteiger partial charge in [-0.2, -0.15) is 13.2 Å². The minimum Gasteiger partial charge on any atom is -0.405 e. The van der Waals surface area contributed by atoms with E-state index < -0.39 is 35.6 Å². The number of piperidine rings is 1. The van der Waals surface area contributed by atoms with Gasteiger partial charge in [0.1, 0.15) is 5.75 Å². The SMILES string of the molecule is FC(F)(F)Oc1ccc(-n2ccnc2C(F)(F)F)cc1[C@H]1CO[C@@]2(CCCNC2c2ccccc2)C1. The predicted molar refractivity (Wildman–Crippen MR) is 118 cm³/mol. The molecule has 2 saturated heterocycles. The van der Waals surface area contributed by atoms with E-state index in [0.29, 0.717) is 12.8 Å². The maximum Gasteiger partial charge on any atom is 0.573 e. The Morgan fingerprint density at radius 2 is 1.83 bits per heavy atom. The third-order valence-corrected chi connectivity index (χ3v) is 6.78. The molecule has 3 atom stereocenters. The van der Waals surface area contributed by atoms with Crippen molar-refractivity contribution in [3.63, 3.8) is 0 Å². The van der Waals surface area contributed by atoms with Gasteiger partial charge in [0.15, 0.2) is 0 Å². The van der Waals surface area contributed by atoms with Gasteiger partial charge in [-0.15, -0.1) is 13.2 Å². The Morgan fingerprint density at radius 1 is 1.06 bits per heavy atom. The van der Waals surface area contributed by atoms with Gasteiger partial charge in [-0.05, 0) is 49.6 Å². The number of hydrogen-bond donors (Lipinski definition) is 1. The fourth-order valence-corrected chi connectivity index (χ4v) is 5.35. The van der Waals surface area contributed by atoms with E-state index in [9.17, 15) is 26.3 Å². The first-order valence-corrected chi connectivity index (χ1v) is 11.5. The van der Waals surface area contributed by atoms with Crippen molar-refractivity contribution >= 4 is 0 Å². The second-order valence-corrected chi connectivity index (χ2v) is 9.07. The summed E-state index contributed by atoms with van der Waals surface area (Å²) in [4.78, 5) is 3.38. The quantitative estimate of drug-likeness (QED) is 0.427. The van der Waals surface area contributed by atoms with Crippen LogP contribution in [0.2, 0.25) is 0 Å². The monoisotopic (exact) mass is 511 g/mol. The molecule has 2 aromatic carbocycles. The van der Waals surface area contributed by atoms with Crippen molar-refractivity contribution in [3.05, 3.63) is 77.9 Å². The van der Waals surface area contributed by atoms with Gasteiger partial charge in [-0.3, -0.25) is 4.57 Å². The first-order valence-electron chi connectivity index (χ1n) is 11.5. The zero-order chi connectivity index (χ0) is 25.6. The van der Waals surface area contributed by atoms with Crippen molar-refractivity contribution in [3.8, 4) is 11.4 Å². The van der Waals surface area contributed by atoms with Crippen molar-refractivity contribution in [2.45, 2.75) is 49.4 Å². The highest BCUT2D eigenvalue weighted by molar-refractivity contribution is 5.48. The van der Waals surface area contributed by atoms with E-state index in [1.54, 1.807) is 0 Å². The number of hydrogen-bond acceptors (Lipinski definition) is 4. The largest absolute Gasteiger partial charge is 0.573 e. The summed E-state index contributed by atoms with van der Waals surface area (Å²) in [5, 5.41) is 3.48. The number of nitrogens with zero attached hydrogens (tertiary/aromatic N) is 2. The number of benzene rings is 2. The Kier molecular flexibility index (Phi) is 6.24. The molecule has 1 unspecified atom stereocenters. The van der Waals surface area contributed by atoms with E-state index in [-0.39, 0.29) is 23.9 Å². The summed E-state index contributed by atoms with van der Waals surface area (Å²) in [6.45, 7) is 0.882. The molecule has 1 N–H and O–H groups in total. The third kappa shape index (κ3) is 4.81. The lowest BCUT2D eigenvalue weighted by atomic mass is 9.77. The summed E-state index contributed by atoms with van der Waals surface area (Å²) < 4.78 is 91.3. The van der Waals surface area contributed by atoms with Gasteiger partial charge >= 0.3 is 12.5 Å². The molecule has 0 radical (unpaired) electrons. The maximum atomic E-state index is 13.4. The van der Waals surface area contributed by atoms with Crippen LogP contribution < -0.4 is 10.1 Å². The molecule has 0 amide bonds. The smallest absolute Gasteiger partial charge is 0.405 e. The minimum atomic E-state index is -4.96. The van der Waals surface area contributed by atoms with Crippen molar-refractivity contribution in [1.29, 1.82) is 0 Å². The van der Waals surface area contributed by atoms with E-state index >= 15 is 0 Å². The predicted octanol–water partition coefficient (Wildman–Crippen LogP) is 6.16.